The second-order valence-corrected chi connectivity index (χ2v) is 11.7. The Balaban J connectivity index is 2.57. The number of benzene rings is 1. The van der Waals surface area contributed by atoms with Crippen molar-refractivity contribution >= 4 is 13.3 Å². The number of hydrogen-bond donors (Lipinski definition) is 1. The minimum absolute atomic E-state index is 0.0153. The molecule has 1 nitrogen and oxygen atoms in total. The monoisotopic (exact) mass is 276 g/mol. The highest BCUT2D eigenvalue weighted by Crippen LogP contribution is 2.26. The predicted octanol–water partition coefficient (Wildman–Crippen LogP) is 3.96. The van der Waals surface area contributed by atoms with E-state index in [2.05, 4.69) is 63.9 Å². The van der Waals surface area contributed by atoms with Gasteiger partial charge in [-0.3, -0.25) is 0 Å². The van der Waals surface area contributed by atoms with Crippen molar-refractivity contribution in [2.45, 2.75) is 45.8 Å². The van der Waals surface area contributed by atoms with Crippen molar-refractivity contribution in [3.05, 3.63) is 42.5 Å². The predicted molar refractivity (Wildman–Crippen MR) is 87.6 cm³/mol. The fourth-order valence-corrected chi connectivity index (χ4v) is 5.02. The summed E-state index contributed by atoms with van der Waals surface area (Å²) in [6, 6.07) is 12.0. The first-order valence-corrected chi connectivity index (χ1v) is 10.3. The van der Waals surface area contributed by atoms with E-state index in [-0.39, 0.29) is 12.0 Å². The quantitative estimate of drug-likeness (QED) is 0.590. The van der Waals surface area contributed by atoms with E-state index < -0.39 is 8.07 Å². The summed E-state index contributed by atoms with van der Waals surface area (Å²) in [5.41, 5.74) is 1.35. The maximum absolute atomic E-state index is 9.30. The van der Waals surface area contributed by atoms with Crippen molar-refractivity contribution in [3.8, 4) is 0 Å². The molecule has 0 saturated carbocycles. The first-order chi connectivity index (χ1) is 8.77. The van der Waals surface area contributed by atoms with Crippen LogP contribution >= 0.6 is 0 Å². The zero-order valence-corrected chi connectivity index (χ0v) is 13.9. The lowest BCUT2D eigenvalue weighted by Gasteiger charge is -2.26. The molecule has 2 heteroatoms. The van der Waals surface area contributed by atoms with Crippen LogP contribution < -0.4 is 5.19 Å². The van der Waals surface area contributed by atoms with Crippen LogP contribution in [0, 0.1) is 5.41 Å². The van der Waals surface area contributed by atoms with Crippen molar-refractivity contribution < 1.29 is 5.11 Å². The Labute approximate surface area is 119 Å². The normalized spacial score (nSPS) is 12.5. The molecule has 0 atom stereocenters. The van der Waals surface area contributed by atoms with Gasteiger partial charge in [-0.05, 0) is 24.3 Å². The van der Waals surface area contributed by atoms with Gasteiger partial charge in [0.05, 0.1) is 8.07 Å². The summed E-state index contributed by atoms with van der Waals surface area (Å²) >= 11 is 0. The smallest absolute Gasteiger partial charge is 0.0845 e. The lowest BCUT2D eigenvalue weighted by Crippen LogP contribution is -2.41. The third kappa shape index (κ3) is 5.33. The molecule has 0 aliphatic heterocycles. The van der Waals surface area contributed by atoms with Gasteiger partial charge in [-0.25, -0.2) is 0 Å². The maximum atomic E-state index is 9.30. The van der Waals surface area contributed by atoms with Crippen LogP contribution in [0.5, 0.6) is 0 Å². The fraction of sp³-hybridized carbons (Fsp3) is 0.529. The summed E-state index contributed by atoms with van der Waals surface area (Å²) in [6.07, 6.45) is 2.04. The van der Waals surface area contributed by atoms with E-state index in [0.29, 0.717) is 0 Å². The summed E-state index contributed by atoms with van der Waals surface area (Å²) in [5.74, 6) is 0. The van der Waals surface area contributed by atoms with E-state index in [1.807, 2.05) is 0 Å². The standard InChI is InChI=1S/C17H28OSi/c1-15(11-12-17(2,3)14-18)13-19(4,5)16-9-7-6-8-10-16/h6-10,18H,1,11-14H2,2-5H3. The topological polar surface area (TPSA) is 20.2 Å². The van der Waals surface area contributed by atoms with Crippen molar-refractivity contribution in [1.29, 1.82) is 0 Å². The first-order valence-electron chi connectivity index (χ1n) is 7.10. The molecule has 106 valence electrons. The van der Waals surface area contributed by atoms with E-state index in [1.54, 1.807) is 0 Å². The molecule has 0 aliphatic rings. The molecule has 0 spiro atoms. The van der Waals surface area contributed by atoms with Crippen molar-refractivity contribution in [2.24, 2.45) is 5.41 Å². The van der Waals surface area contributed by atoms with Gasteiger partial charge in [0.25, 0.3) is 0 Å². The van der Waals surface area contributed by atoms with Gasteiger partial charge < -0.3 is 5.11 Å². The third-order valence-electron chi connectivity index (χ3n) is 3.83. The largest absolute Gasteiger partial charge is 0.396 e. The van der Waals surface area contributed by atoms with Gasteiger partial charge in [-0.2, -0.15) is 0 Å². The second-order valence-electron chi connectivity index (χ2n) is 7.00. The van der Waals surface area contributed by atoms with Gasteiger partial charge in [0.15, 0.2) is 0 Å². The summed E-state index contributed by atoms with van der Waals surface area (Å²) in [5, 5.41) is 10.8. The van der Waals surface area contributed by atoms with E-state index in [0.717, 1.165) is 18.9 Å². The van der Waals surface area contributed by atoms with Crippen molar-refractivity contribution in [1.82, 2.24) is 0 Å². The molecule has 0 amide bonds. The van der Waals surface area contributed by atoms with Crippen LogP contribution in [0.15, 0.2) is 42.5 Å². The number of hydrogen-bond acceptors (Lipinski definition) is 1. The second kappa shape index (κ2) is 6.53. The zero-order chi connectivity index (χ0) is 14.5. The molecule has 0 aliphatic carbocycles. The molecule has 0 radical (unpaired) electrons. The van der Waals surface area contributed by atoms with E-state index in [4.69, 9.17) is 0 Å². The summed E-state index contributed by atoms with van der Waals surface area (Å²) < 4.78 is 0. The Bertz CT molecular complexity index is 407. The van der Waals surface area contributed by atoms with Crippen molar-refractivity contribution in [3.63, 3.8) is 0 Å². The molecule has 0 fully saturated rings. The molecule has 0 bridgehead atoms. The summed E-state index contributed by atoms with van der Waals surface area (Å²) in [4.78, 5) is 0. The van der Waals surface area contributed by atoms with Gasteiger partial charge >= 0.3 is 0 Å². The van der Waals surface area contributed by atoms with Crippen LogP contribution in [0.2, 0.25) is 19.1 Å². The van der Waals surface area contributed by atoms with Crippen LogP contribution in [0.4, 0.5) is 0 Å². The minimum Gasteiger partial charge on any atom is -0.396 e. The molecule has 0 unspecified atom stereocenters. The van der Waals surface area contributed by atoms with Crippen LogP contribution in [0.25, 0.3) is 0 Å². The SMILES string of the molecule is C=C(CCC(C)(C)CO)C[Si](C)(C)c1ccccc1. The molecule has 1 rings (SSSR count). The fourth-order valence-electron chi connectivity index (χ4n) is 2.30. The molecular weight excluding hydrogens is 248 g/mol. The Morgan fingerprint density at radius 1 is 1.21 bits per heavy atom. The number of aliphatic hydroxyl groups is 1. The third-order valence-corrected chi connectivity index (χ3v) is 7.11. The van der Waals surface area contributed by atoms with Gasteiger partial charge in [-0.15, -0.1) is 6.58 Å². The van der Waals surface area contributed by atoms with E-state index >= 15 is 0 Å². The Kier molecular flexibility index (Phi) is 5.57. The molecule has 19 heavy (non-hydrogen) atoms. The minimum atomic E-state index is -1.41. The number of rotatable bonds is 7. The van der Waals surface area contributed by atoms with Gasteiger partial charge in [0.2, 0.25) is 0 Å². The molecule has 1 N–H and O–H groups in total. The highest BCUT2D eigenvalue weighted by Gasteiger charge is 2.25. The van der Waals surface area contributed by atoms with Gasteiger partial charge in [0, 0.05) is 6.61 Å². The van der Waals surface area contributed by atoms with Crippen LogP contribution in [-0.2, 0) is 0 Å². The number of aliphatic hydroxyl groups excluding tert-OH is 1. The van der Waals surface area contributed by atoms with Crippen LogP contribution in [0.1, 0.15) is 26.7 Å². The molecule has 0 saturated heterocycles. The van der Waals surface area contributed by atoms with E-state index in [9.17, 15) is 5.11 Å². The maximum Gasteiger partial charge on any atom is 0.0845 e. The lowest BCUT2D eigenvalue weighted by molar-refractivity contribution is 0.151. The Morgan fingerprint density at radius 2 is 1.79 bits per heavy atom. The molecular formula is C17H28OSi. The van der Waals surface area contributed by atoms with Gasteiger partial charge in [0.1, 0.15) is 0 Å². The van der Waals surface area contributed by atoms with Crippen molar-refractivity contribution in [2.75, 3.05) is 6.61 Å². The average Bonchev–Trinajstić information content (AvgIpc) is 2.37. The molecule has 0 aromatic heterocycles. The Hall–Kier alpha value is -0.863. The van der Waals surface area contributed by atoms with Crippen LogP contribution in [0.3, 0.4) is 0 Å². The highest BCUT2D eigenvalue weighted by molar-refractivity contribution is 6.90. The van der Waals surface area contributed by atoms with Gasteiger partial charge in [-0.1, -0.05) is 68.0 Å². The van der Waals surface area contributed by atoms with E-state index in [1.165, 1.54) is 10.8 Å². The molecule has 1 aromatic carbocycles. The summed E-state index contributed by atoms with van der Waals surface area (Å²) in [7, 11) is -1.41. The zero-order valence-electron chi connectivity index (χ0n) is 12.9. The first kappa shape index (κ1) is 16.2. The molecule has 1 aromatic rings. The lowest BCUT2D eigenvalue weighted by atomic mass is 9.88. The average molecular weight is 276 g/mol. The summed E-state index contributed by atoms with van der Waals surface area (Å²) in [6.45, 7) is 13.5. The molecule has 0 heterocycles. The van der Waals surface area contributed by atoms with Crippen LogP contribution in [-0.4, -0.2) is 19.8 Å². The number of allylic oxidation sites excluding steroid dienone is 1. The highest BCUT2D eigenvalue weighted by atomic mass is 28.3. The Morgan fingerprint density at radius 3 is 2.32 bits per heavy atom.